The van der Waals surface area contributed by atoms with Crippen LogP contribution in [0, 0.1) is 0 Å². The molecule has 1 aliphatic rings. The normalized spacial score (nSPS) is 16.5. The summed E-state index contributed by atoms with van der Waals surface area (Å²) in [6.45, 7) is -0.376. The van der Waals surface area contributed by atoms with E-state index in [-0.39, 0.29) is 18.8 Å². The number of aliphatic hydroxyl groups excluding tert-OH is 2. The molecule has 1 saturated heterocycles. The summed E-state index contributed by atoms with van der Waals surface area (Å²) in [5.41, 5.74) is 9.25. The first-order chi connectivity index (χ1) is 30.2. The van der Waals surface area contributed by atoms with Crippen LogP contribution in [0.15, 0.2) is 163 Å². The van der Waals surface area contributed by atoms with Crippen LogP contribution in [0.4, 0.5) is 5.82 Å². The van der Waals surface area contributed by atoms with Gasteiger partial charge in [-0.1, -0.05) is 109 Å². The molecule has 7 aromatic rings. The fourth-order valence-corrected chi connectivity index (χ4v) is 9.19. The molecule has 0 amide bonds. The van der Waals surface area contributed by atoms with Crippen molar-refractivity contribution < 1.29 is 33.9 Å². The molecule has 8 rings (SSSR count). The first kappa shape index (κ1) is 41.8. The number of hydrogen-bond acceptors (Lipinski definition) is 10. The van der Waals surface area contributed by atoms with Gasteiger partial charge in [0.15, 0.2) is 6.23 Å². The van der Waals surface area contributed by atoms with Crippen LogP contribution < -0.4 is 30.4 Å². The van der Waals surface area contributed by atoms with E-state index in [0.717, 1.165) is 33.4 Å². The highest BCUT2D eigenvalue weighted by Gasteiger charge is 2.52. The molecule has 11 nitrogen and oxygen atoms in total. The maximum absolute atomic E-state index is 15.2. The summed E-state index contributed by atoms with van der Waals surface area (Å²) in [5.74, 6) is 2.45. The van der Waals surface area contributed by atoms with E-state index in [1.807, 2.05) is 158 Å². The Bertz CT molecular complexity index is 2560. The minimum Gasteiger partial charge on any atom is -0.497 e. The SMILES string of the molecule is COc1ccc(C(c2ccccc2)(c2ccc(OC)cc2)c2c(N)nc(=O)n([C@@H]3O[C@H](CO)C[C@@H]3O)c2C(c2ccccc2)(c2ccc(OC)cc2)c2ccc(OC)cc2)cc1. The van der Waals surface area contributed by atoms with Crippen molar-refractivity contribution in [3.05, 3.63) is 213 Å². The largest absolute Gasteiger partial charge is 0.497 e. The summed E-state index contributed by atoms with van der Waals surface area (Å²) in [6.07, 6.45) is -3.24. The Morgan fingerprint density at radius 1 is 0.597 bits per heavy atom. The van der Waals surface area contributed by atoms with Gasteiger partial charge in [-0.2, -0.15) is 4.98 Å². The third kappa shape index (κ3) is 7.03. The van der Waals surface area contributed by atoms with Crippen molar-refractivity contribution in [2.24, 2.45) is 0 Å². The Morgan fingerprint density at radius 3 is 1.31 bits per heavy atom. The van der Waals surface area contributed by atoms with Gasteiger partial charge in [0.2, 0.25) is 0 Å². The van der Waals surface area contributed by atoms with Gasteiger partial charge in [0.05, 0.1) is 57.7 Å². The summed E-state index contributed by atoms with van der Waals surface area (Å²) in [6, 6.07) is 50.7. The van der Waals surface area contributed by atoms with Gasteiger partial charge in [0.1, 0.15) is 34.9 Å². The van der Waals surface area contributed by atoms with E-state index in [4.69, 9.17) is 29.4 Å². The third-order valence-corrected chi connectivity index (χ3v) is 12.0. The number of methoxy groups -OCH3 is 4. The van der Waals surface area contributed by atoms with E-state index in [0.29, 0.717) is 34.3 Å². The number of rotatable bonds is 14. The number of nitrogens with two attached hydrogens (primary N) is 1. The van der Waals surface area contributed by atoms with Crippen LogP contribution in [0.1, 0.15) is 57.3 Å². The number of benzene rings is 6. The van der Waals surface area contributed by atoms with Gasteiger partial charge >= 0.3 is 5.69 Å². The van der Waals surface area contributed by atoms with Crippen molar-refractivity contribution in [3.8, 4) is 23.0 Å². The first-order valence-corrected chi connectivity index (χ1v) is 20.3. The lowest BCUT2D eigenvalue weighted by molar-refractivity contribution is -0.0551. The maximum Gasteiger partial charge on any atom is 0.352 e. The molecule has 62 heavy (non-hydrogen) atoms. The molecule has 0 radical (unpaired) electrons. The maximum atomic E-state index is 15.2. The molecule has 1 fully saturated rings. The zero-order chi connectivity index (χ0) is 43.4. The molecule has 6 aromatic carbocycles. The van der Waals surface area contributed by atoms with Crippen LogP contribution in [0.3, 0.4) is 0 Å². The van der Waals surface area contributed by atoms with Crippen molar-refractivity contribution in [1.82, 2.24) is 9.55 Å². The molecule has 3 atom stereocenters. The highest BCUT2D eigenvalue weighted by atomic mass is 16.5. The first-order valence-electron chi connectivity index (χ1n) is 20.3. The molecule has 1 aliphatic heterocycles. The van der Waals surface area contributed by atoms with Crippen molar-refractivity contribution >= 4 is 5.82 Å². The standard InChI is InChI=1S/C51H49N3O8/c1-58-39-23-15-35(16-24-39)50(33-11-7-5-8-12-33,36-17-25-40(59-2)26-18-36)45-46(54(49(57)53-47(45)52)48-44(56)31-43(32-55)62-48)51(34-13-9-6-10-14-34,37-19-27-41(60-3)28-20-37)38-21-29-42(61-4)30-22-38/h5-30,43-44,48,55-56H,31-32H2,1-4H3,(H2,52,53,57)/t43-,44-,48+/m0/s1. The van der Waals surface area contributed by atoms with Gasteiger partial charge in [-0.3, -0.25) is 4.57 Å². The zero-order valence-corrected chi connectivity index (χ0v) is 35.0. The van der Waals surface area contributed by atoms with E-state index in [9.17, 15) is 10.2 Å². The molecule has 316 valence electrons. The predicted octanol–water partition coefficient (Wildman–Crippen LogP) is 7.27. The summed E-state index contributed by atoms with van der Waals surface area (Å²) >= 11 is 0. The number of anilines is 1. The molecule has 0 bridgehead atoms. The van der Waals surface area contributed by atoms with Crippen LogP contribution in [-0.2, 0) is 15.6 Å². The molecule has 0 saturated carbocycles. The van der Waals surface area contributed by atoms with Gasteiger partial charge in [0.25, 0.3) is 0 Å². The van der Waals surface area contributed by atoms with Crippen molar-refractivity contribution in [3.63, 3.8) is 0 Å². The van der Waals surface area contributed by atoms with Gasteiger partial charge in [-0.15, -0.1) is 0 Å². The summed E-state index contributed by atoms with van der Waals surface area (Å²) in [4.78, 5) is 19.9. The van der Waals surface area contributed by atoms with Gasteiger partial charge < -0.3 is 39.6 Å². The highest BCUT2D eigenvalue weighted by Crippen LogP contribution is 2.56. The quantitative estimate of drug-likeness (QED) is 0.0957. The van der Waals surface area contributed by atoms with E-state index in [1.54, 1.807) is 28.4 Å². The van der Waals surface area contributed by atoms with Crippen LogP contribution in [-0.4, -0.2) is 67.0 Å². The summed E-state index contributed by atoms with van der Waals surface area (Å²) in [7, 11) is 6.44. The van der Waals surface area contributed by atoms with Gasteiger partial charge in [-0.05, 0) is 81.9 Å². The molecule has 11 heteroatoms. The van der Waals surface area contributed by atoms with Gasteiger partial charge in [0, 0.05) is 12.0 Å². The Morgan fingerprint density at radius 2 is 0.952 bits per heavy atom. The topological polar surface area (TPSA) is 148 Å². The van der Waals surface area contributed by atoms with Crippen LogP contribution in [0.25, 0.3) is 0 Å². The highest BCUT2D eigenvalue weighted by molar-refractivity contribution is 5.72. The molecular formula is C51H49N3O8. The lowest BCUT2D eigenvalue weighted by Crippen LogP contribution is -2.47. The lowest BCUT2D eigenvalue weighted by atomic mass is 9.59. The van der Waals surface area contributed by atoms with E-state index in [1.165, 1.54) is 4.57 Å². The third-order valence-electron chi connectivity index (χ3n) is 12.0. The minimum absolute atomic E-state index is 0.0507. The van der Waals surface area contributed by atoms with Crippen molar-refractivity contribution in [2.75, 3.05) is 40.8 Å². The van der Waals surface area contributed by atoms with Crippen molar-refractivity contribution in [1.29, 1.82) is 0 Å². The fourth-order valence-electron chi connectivity index (χ4n) is 9.19. The minimum atomic E-state index is -1.44. The smallest absolute Gasteiger partial charge is 0.352 e. The fraction of sp³-hybridized carbons (Fsp3) is 0.216. The van der Waals surface area contributed by atoms with Crippen molar-refractivity contribution in [2.45, 2.75) is 35.7 Å². The van der Waals surface area contributed by atoms with Crippen LogP contribution in [0.2, 0.25) is 0 Å². The lowest BCUT2D eigenvalue weighted by Gasteiger charge is -2.45. The zero-order valence-electron chi connectivity index (χ0n) is 35.0. The molecular weight excluding hydrogens is 783 g/mol. The number of ether oxygens (including phenoxy) is 5. The Labute approximate surface area is 360 Å². The second-order valence-corrected chi connectivity index (χ2v) is 15.2. The number of nitrogens with zero attached hydrogens (tertiary/aromatic N) is 2. The monoisotopic (exact) mass is 831 g/mol. The average molecular weight is 832 g/mol. The molecule has 0 unspecified atom stereocenters. The van der Waals surface area contributed by atoms with E-state index in [2.05, 4.69) is 4.98 Å². The van der Waals surface area contributed by atoms with E-state index >= 15 is 4.79 Å². The second-order valence-electron chi connectivity index (χ2n) is 15.2. The second kappa shape index (κ2) is 17.6. The number of aliphatic hydroxyl groups is 2. The van der Waals surface area contributed by atoms with Crippen LogP contribution in [0.5, 0.6) is 23.0 Å². The Hall–Kier alpha value is -6.92. The predicted molar refractivity (Wildman–Crippen MR) is 237 cm³/mol. The number of nitrogen functional groups attached to an aromatic ring is 1. The molecule has 4 N–H and O–H groups in total. The molecule has 2 heterocycles. The summed E-state index contributed by atoms with van der Waals surface area (Å²) < 4.78 is 30.7. The van der Waals surface area contributed by atoms with E-state index < -0.39 is 35.0 Å². The van der Waals surface area contributed by atoms with Crippen LogP contribution >= 0.6 is 0 Å². The molecule has 1 aromatic heterocycles. The molecule has 0 aliphatic carbocycles. The van der Waals surface area contributed by atoms with Gasteiger partial charge in [-0.25, -0.2) is 4.79 Å². The molecule has 0 spiro atoms. The summed E-state index contributed by atoms with van der Waals surface area (Å²) in [5, 5.41) is 22.5. The number of hydrogen-bond donors (Lipinski definition) is 3. The number of aromatic nitrogens is 2. The Balaban J connectivity index is 1.70. The Kier molecular flexibility index (Phi) is 11.9. The average Bonchev–Trinajstić information content (AvgIpc) is 3.71.